The van der Waals surface area contributed by atoms with Crippen LogP contribution in [0.5, 0.6) is 0 Å². The number of nitrogens with one attached hydrogen (secondary N) is 1. The summed E-state index contributed by atoms with van der Waals surface area (Å²) in [5.41, 5.74) is 0. The van der Waals surface area contributed by atoms with Crippen molar-refractivity contribution in [2.24, 2.45) is 5.92 Å². The molecule has 0 aromatic carbocycles. The first-order valence-electron chi connectivity index (χ1n) is 11.5. The number of carboxylic acid groups (broad SMARTS) is 1. The van der Waals surface area contributed by atoms with Crippen LogP contribution in [0.4, 0.5) is 0 Å². The summed E-state index contributed by atoms with van der Waals surface area (Å²) in [5.74, 6) is -0.579. The Kier molecular flexibility index (Phi) is 21.7. The van der Waals surface area contributed by atoms with Gasteiger partial charge in [-0.15, -0.1) is 0 Å². The molecule has 0 saturated heterocycles. The number of hydrogen-bond donors (Lipinski definition) is 3. The Morgan fingerprint density at radius 2 is 1.10 bits per heavy atom. The first kappa shape index (κ1) is 30.5. The van der Waals surface area contributed by atoms with Crippen molar-refractivity contribution >= 4 is 16.1 Å². The minimum Gasteiger partial charge on any atom is -0.480 e. The van der Waals surface area contributed by atoms with Crippen molar-refractivity contribution in [2.45, 2.75) is 117 Å². The molecule has 3 N–H and O–H groups in total. The lowest BCUT2D eigenvalue weighted by Crippen LogP contribution is -2.41. The number of carbonyl (C=O) groups is 1. The first-order chi connectivity index (χ1) is 13.6. The fraction of sp³-hybridized carbons (Fsp3) is 0.955. The van der Waals surface area contributed by atoms with Gasteiger partial charge in [-0.2, -0.15) is 8.42 Å². The quantitative estimate of drug-likeness (QED) is 0.188. The highest BCUT2D eigenvalue weighted by Gasteiger charge is 2.19. The van der Waals surface area contributed by atoms with Crippen LogP contribution in [0.2, 0.25) is 0 Å². The SMILES string of the molecule is CCCCCCCCCCCCCCCCN[C@H](C(=O)O)C(C)C.CS(=O)(=O)O. The third-order valence-corrected chi connectivity index (χ3v) is 4.83. The van der Waals surface area contributed by atoms with Gasteiger partial charge >= 0.3 is 5.97 Å². The second kappa shape index (κ2) is 20.6. The van der Waals surface area contributed by atoms with Crippen LogP contribution >= 0.6 is 0 Å². The summed E-state index contributed by atoms with van der Waals surface area (Å²) in [7, 11) is -3.67. The molecule has 0 unspecified atom stereocenters. The number of rotatable bonds is 18. The van der Waals surface area contributed by atoms with Crippen LogP contribution in [-0.4, -0.2) is 42.9 Å². The monoisotopic (exact) mass is 437 g/mol. The molecule has 0 heterocycles. The molecule has 1 atom stereocenters. The van der Waals surface area contributed by atoms with E-state index in [0.29, 0.717) is 6.26 Å². The van der Waals surface area contributed by atoms with Crippen molar-refractivity contribution in [3.05, 3.63) is 0 Å². The Bertz CT molecular complexity index is 458. The van der Waals surface area contributed by atoms with Crippen molar-refractivity contribution in [3.8, 4) is 0 Å². The summed E-state index contributed by atoms with van der Waals surface area (Å²) < 4.78 is 25.9. The van der Waals surface area contributed by atoms with E-state index in [1.807, 2.05) is 13.8 Å². The average molecular weight is 438 g/mol. The molecule has 7 heteroatoms. The Balaban J connectivity index is 0. The van der Waals surface area contributed by atoms with Crippen molar-refractivity contribution in [1.29, 1.82) is 0 Å². The zero-order chi connectivity index (χ0) is 22.5. The molecule has 0 radical (unpaired) electrons. The molecular weight excluding hydrogens is 390 g/mol. The molecule has 0 bridgehead atoms. The fourth-order valence-corrected chi connectivity index (χ4v) is 3.19. The number of aliphatic carboxylic acids is 1. The maximum Gasteiger partial charge on any atom is 0.320 e. The van der Waals surface area contributed by atoms with Crippen LogP contribution in [0, 0.1) is 5.92 Å². The molecule has 0 aromatic heterocycles. The molecule has 29 heavy (non-hydrogen) atoms. The lowest BCUT2D eigenvalue weighted by molar-refractivity contribution is -0.140. The normalized spacial score (nSPS) is 12.5. The molecule has 0 amide bonds. The van der Waals surface area contributed by atoms with Gasteiger partial charge in [0.25, 0.3) is 10.1 Å². The van der Waals surface area contributed by atoms with Crippen LogP contribution < -0.4 is 5.32 Å². The number of unbranched alkanes of at least 4 members (excludes halogenated alkanes) is 13. The molecular formula is C22H47NO5S. The Morgan fingerprint density at radius 1 is 0.793 bits per heavy atom. The van der Waals surface area contributed by atoms with Crippen molar-refractivity contribution < 1.29 is 22.9 Å². The van der Waals surface area contributed by atoms with Gasteiger partial charge in [-0.3, -0.25) is 9.35 Å². The summed E-state index contributed by atoms with van der Waals surface area (Å²) in [6, 6.07) is -0.396. The standard InChI is InChI=1S/C21H43NO2.CH4O3S/c1-4-5-6-7-8-9-10-11-12-13-14-15-16-17-18-22-20(19(2)3)21(23)24;1-5(2,3)4/h19-20,22H,4-18H2,1-3H3,(H,23,24);1H3,(H,2,3,4)/t20-;/m0./s1. The highest BCUT2D eigenvalue weighted by Crippen LogP contribution is 2.13. The lowest BCUT2D eigenvalue weighted by Gasteiger charge is -2.17. The Morgan fingerprint density at radius 3 is 1.38 bits per heavy atom. The van der Waals surface area contributed by atoms with Gasteiger partial charge in [-0.25, -0.2) is 0 Å². The van der Waals surface area contributed by atoms with Gasteiger partial charge < -0.3 is 10.4 Å². The number of hydrogen-bond acceptors (Lipinski definition) is 4. The van der Waals surface area contributed by atoms with E-state index in [2.05, 4.69) is 12.2 Å². The zero-order valence-corrected chi connectivity index (χ0v) is 20.1. The minimum atomic E-state index is -3.67. The Hall–Kier alpha value is -0.660. The fourth-order valence-electron chi connectivity index (χ4n) is 3.19. The van der Waals surface area contributed by atoms with E-state index in [9.17, 15) is 13.2 Å². The zero-order valence-electron chi connectivity index (χ0n) is 19.3. The summed E-state index contributed by atoms with van der Waals surface area (Å²) in [5, 5.41) is 12.3. The minimum absolute atomic E-state index is 0.147. The number of carboxylic acids is 1. The molecule has 0 aliphatic heterocycles. The third-order valence-electron chi connectivity index (χ3n) is 4.83. The second-order valence-electron chi connectivity index (χ2n) is 8.34. The largest absolute Gasteiger partial charge is 0.480 e. The van der Waals surface area contributed by atoms with Crippen LogP contribution in [0.25, 0.3) is 0 Å². The molecule has 0 aromatic rings. The first-order valence-corrected chi connectivity index (χ1v) is 13.3. The summed E-state index contributed by atoms with van der Waals surface area (Å²) >= 11 is 0. The van der Waals surface area contributed by atoms with Gasteiger partial charge in [0, 0.05) is 0 Å². The predicted octanol–water partition coefficient (Wildman–Crippen LogP) is 5.67. The van der Waals surface area contributed by atoms with E-state index in [1.54, 1.807) is 0 Å². The van der Waals surface area contributed by atoms with E-state index in [1.165, 1.54) is 83.5 Å². The molecule has 0 spiro atoms. The van der Waals surface area contributed by atoms with Gasteiger partial charge in [0.15, 0.2) is 0 Å². The highest BCUT2D eigenvalue weighted by molar-refractivity contribution is 7.85. The van der Waals surface area contributed by atoms with Crippen LogP contribution in [0.1, 0.15) is 111 Å². The molecule has 0 rings (SSSR count). The molecule has 6 nitrogen and oxygen atoms in total. The third kappa shape index (κ3) is 29.6. The topological polar surface area (TPSA) is 104 Å². The maximum atomic E-state index is 11.1. The summed E-state index contributed by atoms with van der Waals surface area (Å²) in [6.45, 7) is 7.01. The van der Waals surface area contributed by atoms with Crippen LogP contribution in [0.3, 0.4) is 0 Å². The van der Waals surface area contributed by atoms with E-state index < -0.39 is 22.1 Å². The van der Waals surface area contributed by atoms with E-state index in [-0.39, 0.29) is 5.92 Å². The molecule has 0 aliphatic carbocycles. The molecule has 176 valence electrons. The predicted molar refractivity (Wildman–Crippen MR) is 122 cm³/mol. The molecule has 0 aliphatic rings. The Labute approximate surface area is 180 Å². The average Bonchev–Trinajstić information content (AvgIpc) is 2.59. The van der Waals surface area contributed by atoms with Crippen LogP contribution in [-0.2, 0) is 14.9 Å². The van der Waals surface area contributed by atoms with Gasteiger partial charge in [-0.05, 0) is 18.9 Å². The van der Waals surface area contributed by atoms with Crippen molar-refractivity contribution in [1.82, 2.24) is 5.32 Å². The van der Waals surface area contributed by atoms with E-state index >= 15 is 0 Å². The van der Waals surface area contributed by atoms with Gasteiger partial charge in [0.05, 0.1) is 6.26 Å². The maximum absolute atomic E-state index is 11.1. The smallest absolute Gasteiger partial charge is 0.320 e. The molecule has 0 saturated carbocycles. The van der Waals surface area contributed by atoms with Crippen LogP contribution in [0.15, 0.2) is 0 Å². The van der Waals surface area contributed by atoms with E-state index in [4.69, 9.17) is 9.66 Å². The van der Waals surface area contributed by atoms with Crippen molar-refractivity contribution in [3.63, 3.8) is 0 Å². The second-order valence-corrected chi connectivity index (χ2v) is 9.81. The highest BCUT2D eigenvalue weighted by atomic mass is 32.2. The summed E-state index contributed by atoms with van der Waals surface area (Å²) in [6.07, 6.45) is 19.7. The van der Waals surface area contributed by atoms with Gasteiger partial charge in [-0.1, -0.05) is 104 Å². The molecule has 0 fully saturated rings. The van der Waals surface area contributed by atoms with Gasteiger partial charge in [0.2, 0.25) is 0 Å². The van der Waals surface area contributed by atoms with Crippen molar-refractivity contribution in [2.75, 3.05) is 12.8 Å². The van der Waals surface area contributed by atoms with E-state index in [0.717, 1.165) is 13.0 Å². The summed E-state index contributed by atoms with van der Waals surface area (Å²) in [4.78, 5) is 11.1. The lowest BCUT2D eigenvalue weighted by atomic mass is 10.0. The van der Waals surface area contributed by atoms with Gasteiger partial charge in [0.1, 0.15) is 6.04 Å².